The second kappa shape index (κ2) is 14.0. The molecule has 0 radical (unpaired) electrons. The summed E-state index contributed by atoms with van der Waals surface area (Å²) < 4.78 is 4.79. The first-order valence-corrected chi connectivity index (χ1v) is 22.1. The third kappa shape index (κ3) is 5.40. The minimum Gasteiger partial charge on any atom is -0.309 e. The summed E-state index contributed by atoms with van der Waals surface area (Å²) in [5, 5.41) is 20.1. The lowest BCUT2D eigenvalue weighted by molar-refractivity contribution is 1.18. The molecular formula is C55H37N3Si. The zero-order chi connectivity index (χ0) is 39.3. The van der Waals surface area contributed by atoms with Crippen LogP contribution < -0.4 is 20.7 Å². The molecule has 11 rings (SSSR count). The number of nitrogens with zero attached hydrogens (tertiary/aromatic N) is 3. The van der Waals surface area contributed by atoms with E-state index in [2.05, 4.69) is 234 Å². The largest absolute Gasteiger partial charge is 0.309 e. The smallest absolute Gasteiger partial charge is 0.179 e. The summed E-state index contributed by atoms with van der Waals surface area (Å²) in [6.45, 7) is 0. The molecule has 3 nitrogen and oxygen atoms in total. The molecule has 59 heavy (non-hydrogen) atoms. The number of nitriles is 1. The van der Waals surface area contributed by atoms with Gasteiger partial charge in [-0.15, -0.1) is 0 Å². The topological polar surface area (TPSA) is 33.6 Å². The van der Waals surface area contributed by atoms with E-state index in [-0.39, 0.29) is 0 Å². The van der Waals surface area contributed by atoms with Crippen LogP contribution in [-0.2, 0) is 0 Å². The maximum Gasteiger partial charge on any atom is 0.179 e. The molecule has 2 heterocycles. The molecule has 9 aromatic carbocycles. The van der Waals surface area contributed by atoms with Crippen molar-refractivity contribution in [1.82, 2.24) is 9.13 Å². The molecule has 0 bridgehead atoms. The van der Waals surface area contributed by atoms with E-state index in [9.17, 15) is 5.26 Å². The standard InChI is InChI=1S/C55H37N3Si/c56-38-39-31-33-53-50(35-39)51-36-40(47-28-16-29-49-48-27-13-14-30-52(48)58(55(47)49)41-17-5-1-6-18-41)32-34-54(51)57(53)42-19-15-26-46(37-42)59(43-20-7-2-8-21-43,44-22-9-3-10-23-44)45-24-11-4-12-25-45/h1-37H. The SMILES string of the molecule is N#Cc1ccc2c(c1)c1cc(-c3cccc4c5ccccc5n(-c5ccccc5)c34)ccc1n2-c1cccc([Si](c2ccccc2)(c2ccccc2)c2ccccc2)c1. The summed E-state index contributed by atoms with van der Waals surface area (Å²) in [5.74, 6) is 0. The van der Waals surface area contributed by atoms with Crippen molar-refractivity contribution >= 4 is 72.4 Å². The highest BCUT2D eigenvalue weighted by Gasteiger charge is 2.41. The van der Waals surface area contributed by atoms with Crippen molar-refractivity contribution in [3.8, 4) is 28.6 Å². The van der Waals surface area contributed by atoms with Gasteiger partial charge in [0.05, 0.1) is 33.7 Å². The lowest BCUT2D eigenvalue weighted by Crippen LogP contribution is -2.74. The van der Waals surface area contributed by atoms with E-state index in [1.807, 2.05) is 6.07 Å². The van der Waals surface area contributed by atoms with Crippen molar-refractivity contribution in [2.75, 3.05) is 0 Å². The molecule has 0 aliphatic rings. The second-order valence-electron chi connectivity index (χ2n) is 15.2. The van der Waals surface area contributed by atoms with Crippen LogP contribution in [0.5, 0.6) is 0 Å². The molecule has 0 N–H and O–H groups in total. The minimum atomic E-state index is -2.78. The van der Waals surface area contributed by atoms with Crippen LogP contribution in [0, 0.1) is 11.3 Å². The number of fused-ring (bicyclic) bond motifs is 6. The van der Waals surface area contributed by atoms with Gasteiger partial charge in [0.1, 0.15) is 0 Å². The van der Waals surface area contributed by atoms with E-state index in [0.717, 1.165) is 44.3 Å². The summed E-state index contributed by atoms with van der Waals surface area (Å²) in [4.78, 5) is 0. The number of hydrogen-bond donors (Lipinski definition) is 0. The highest BCUT2D eigenvalue weighted by atomic mass is 28.3. The molecule has 0 atom stereocenters. The van der Waals surface area contributed by atoms with Crippen LogP contribution in [0.1, 0.15) is 5.56 Å². The monoisotopic (exact) mass is 767 g/mol. The predicted molar refractivity (Wildman–Crippen MR) is 249 cm³/mol. The number of benzene rings is 9. The lowest BCUT2D eigenvalue weighted by atomic mass is 9.99. The number of aromatic nitrogens is 2. The Morgan fingerprint density at radius 1 is 0.356 bits per heavy atom. The Kier molecular flexibility index (Phi) is 8.21. The van der Waals surface area contributed by atoms with Gasteiger partial charge in [0, 0.05) is 38.5 Å². The fourth-order valence-corrected chi connectivity index (χ4v) is 14.4. The van der Waals surface area contributed by atoms with E-state index in [1.54, 1.807) is 0 Å². The fourth-order valence-electron chi connectivity index (χ4n) is 9.58. The van der Waals surface area contributed by atoms with Crippen LogP contribution in [0.2, 0.25) is 0 Å². The van der Waals surface area contributed by atoms with Gasteiger partial charge >= 0.3 is 0 Å². The molecule has 2 aromatic heterocycles. The average Bonchev–Trinajstić information content (AvgIpc) is 3.83. The van der Waals surface area contributed by atoms with Crippen LogP contribution in [0.3, 0.4) is 0 Å². The third-order valence-corrected chi connectivity index (χ3v) is 16.8. The van der Waals surface area contributed by atoms with E-state index < -0.39 is 8.07 Å². The number of hydrogen-bond acceptors (Lipinski definition) is 1. The predicted octanol–water partition coefficient (Wildman–Crippen LogP) is 10.8. The Hall–Kier alpha value is -7.71. The maximum atomic E-state index is 10.1. The Morgan fingerprint density at radius 2 is 0.864 bits per heavy atom. The Morgan fingerprint density at radius 3 is 1.53 bits per heavy atom. The van der Waals surface area contributed by atoms with Gasteiger partial charge < -0.3 is 9.13 Å². The molecule has 0 unspecified atom stereocenters. The summed E-state index contributed by atoms with van der Waals surface area (Å²) in [7, 11) is -2.78. The zero-order valence-corrected chi connectivity index (χ0v) is 33.2. The van der Waals surface area contributed by atoms with Crippen molar-refractivity contribution in [3.05, 3.63) is 230 Å². The lowest BCUT2D eigenvalue weighted by Gasteiger charge is -2.34. The summed E-state index contributed by atoms with van der Waals surface area (Å²) in [6.07, 6.45) is 0. The first kappa shape index (κ1) is 34.5. The van der Waals surface area contributed by atoms with Crippen LogP contribution in [0.25, 0.3) is 66.1 Å². The van der Waals surface area contributed by atoms with Crippen LogP contribution >= 0.6 is 0 Å². The molecule has 0 amide bonds. The Bertz CT molecular complexity index is 3280. The van der Waals surface area contributed by atoms with Gasteiger partial charge in [-0.1, -0.05) is 164 Å². The van der Waals surface area contributed by atoms with Crippen LogP contribution in [-0.4, -0.2) is 17.2 Å². The summed E-state index contributed by atoms with van der Waals surface area (Å²) in [5.41, 5.74) is 9.67. The second-order valence-corrected chi connectivity index (χ2v) is 19.0. The molecule has 4 heteroatoms. The van der Waals surface area contributed by atoms with Gasteiger partial charge in [0.25, 0.3) is 0 Å². The van der Waals surface area contributed by atoms with Gasteiger partial charge in [-0.2, -0.15) is 5.26 Å². The van der Waals surface area contributed by atoms with Crippen molar-refractivity contribution in [2.24, 2.45) is 0 Å². The molecule has 11 aromatic rings. The molecular weight excluding hydrogens is 731 g/mol. The van der Waals surface area contributed by atoms with Crippen molar-refractivity contribution in [3.63, 3.8) is 0 Å². The third-order valence-electron chi connectivity index (χ3n) is 12.1. The van der Waals surface area contributed by atoms with Gasteiger partial charge in [-0.3, -0.25) is 0 Å². The van der Waals surface area contributed by atoms with E-state index >= 15 is 0 Å². The van der Waals surface area contributed by atoms with Gasteiger partial charge in [0.2, 0.25) is 0 Å². The zero-order valence-electron chi connectivity index (χ0n) is 32.2. The van der Waals surface area contributed by atoms with Crippen LogP contribution in [0.4, 0.5) is 0 Å². The first-order chi connectivity index (χ1) is 29.2. The van der Waals surface area contributed by atoms with E-state index in [0.29, 0.717) is 5.56 Å². The van der Waals surface area contributed by atoms with E-state index in [4.69, 9.17) is 0 Å². The normalized spacial score (nSPS) is 11.7. The molecule has 0 fully saturated rings. The van der Waals surface area contributed by atoms with Gasteiger partial charge in [-0.05, 0) is 87.0 Å². The van der Waals surface area contributed by atoms with Crippen molar-refractivity contribution < 1.29 is 0 Å². The molecule has 276 valence electrons. The molecule has 0 spiro atoms. The van der Waals surface area contributed by atoms with E-state index in [1.165, 1.54) is 42.6 Å². The summed E-state index contributed by atoms with van der Waals surface area (Å²) in [6, 6.07) is 83.8. The van der Waals surface area contributed by atoms with Crippen molar-refractivity contribution in [1.29, 1.82) is 5.26 Å². The molecule has 0 aliphatic heterocycles. The van der Waals surface area contributed by atoms with Crippen LogP contribution in [0.15, 0.2) is 224 Å². The number of para-hydroxylation sites is 3. The highest BCUT2D eigenvalue weighted by molar-refractivity contribution is 7.19. The van der Waals surface area contributed by atoms with Gasteiger partial charge in [0.15, 0.2) is 8.07 Å². The van der Waals surface area contributed by atoms with Gasteiger partial charge in [-0.25, -0.2) is 0 Å². The molecule has 0 saturated heterocycles. The first-order valence-electron chi connectivity index (χ1n) is 20.1. The van der Waals surface area contributed by atoms with Crippen molar-refractivity contribution in [2.45, 2.75) is 0 Å². The average molecular weight is 768 g/mol. The number of rotatable bonds is 7. The maximum absolute atomic E-state index is 10.1. The Balaban J connectivity index is 1.17. The quantitative estimate of drug-likeness (QED) is 0.117. The highest BCUT2D eigenvalue weighted by Crippen LogP contribution is 2.41. The minimum absolute atomic E-state index is 0.644. The molecule has 0 aliphatic carbocycles. The summed E-state index contributed by atoms with van der Waals surface area (Å²) >= 11 is 0. The fraction of sp³-hybridized carbons (Fsp3) is 0. The molecule has 0 saturated carbocycles. The Labute approximate surface area is 343 Å².